The van der Waals surface area contributed by atoms with Gasteiger partial charge < -0.3 is 10.1 Å². The molecule has 0 aliphatic carbocycles. The van der Waals surface area contributed by atoms with Crippen LogP contribution in [-0.4, -0.2) is 25.8 Å². The van der Waals surface area contributed by atoms with Crippen LogP contribution < -0.4 is 5.32 Å². The van der Waals surface area contributed by atoms with Gasteiger partial charge in [0.1, 0.15) is 0 Å². The third kappa shape index (κ3) is 4.79. The Hall–Kier alpha value is -0.860. The van der Waals surface area contributed by atoms with E-state index in [1.165, 1.54) is 16.7 Å². The van der Waals surface area contributed by atoms with Crippen molar-refractivity contribution in [2.24, 2.45) is 0 Å². The fraction of sp³-hybridized carbons (Fsp3) is 0.625. The lowest BCUT2D eigenvalue weighted by atomic mass is 9.93. The maximum absolute atomic E-state index is 5.52. The number of likely N-dealkylation sites (N-methyl/N-ethyl adjacent to an activating group) is 1. The molecule has 102 valence electrons. The second-order valence-electron chi connectivity index (χ2n) is 5.85. The number of hydrogen-bond acceptors (Lipinski definition) is 2. The number of hydrogen-bond donors (Lipinski definition) is 1. The van der Waals surface area contributed by atoms with Gasteiger partial charge in [-0.3, -0.25) is 0 Å². The van der Waals surface area contributed by atoms with E-state index in [-0.39, 0.29) is 5.60 Å². The predicted octanol–water partition coefficient (Wildman–Crippen LogP) is 3.25. The van der Waals surface area contributed by atoms with Crippen molar-refractivity contribution in [3.63, 3.8) is 0 Å². The molecule has 0 saturated carbocycles. The molecule has 0 saturated heterocycles. The van der Waals surface area contributed by atoms with E-state index in [1.54, 1.807) is 7.11 Å². The molecule has 0 aromatic heterocycles. The second-order valence-corrected chi connectivity index (χ2v) is 5.85. The highest BCUT2D eigenvalue weighted by Gasteiger charge is 2.22. The van der Waals surface area contributed by atoms with Gasteiger partial charge in [-0.15, -0.1) is 0 Å². The van der Waals surface area contributed by atoms with Crippen molar-refractivity contribution in [1.29, 1.82) is 0 Å². The summed E-state index contributed by atoms with van der Waals surface area (Å²) in [6.07, 6.45) is 2.05. The molecule has 1 N–H and O–H groups in total. The van der Waals surface area contributed by atoms with Gasteiger partial charge in [-0.05, 0) is 53.1 Å². The molecule has 1 unspecified atom stereocenters. The highest BCUT2D eigenvalue weighted by atomic mass is 16.5. The fourth-order valence-electron chi connectivity index (χ4n) is 2.42. The van der Waals surface area contributed by atoms with Gasteiger partial charge in [0.2, 0.25) is 0 Å². The highest BCUT2D eigenvalue weighted by Crippen LogP contribution is 2.19. The van der Waals surface area contributed by atoms with E-state index in [9.17, 15) is 0 Å². The molecule has 2 heteroatoms. The number of methoxy groups -OCH3 is 1. The molecule has 0 bridgehead atoms. The van der Waals surface area contributed by atoms with Gasteiger partial charge in [-0.1, -0.05) is 29.3 Å². The van der Waals surface area contributed by atoms with Crippen molar-refractivity contribution in [3.05, 3.63) is 34.9 Å². The van der Waals surface area contributed by atoms with E-state index in [1.807, 2.05) is 7.05 Å². The zero-order chi connectivity index (χ0) is 13.8. The molecular weight excluding hydrogens is 222 g/mol. The Morgan fingerprint density at radius 2 is 1.72 bits per heavy atom. The molecule has 1 atom stereocenters. The van der Waals surface area contributed by atoms with Gasteiger partial charge in [0.05, 0.1) is 5.60 Å². The Kier molecular flexibility index (Phi) is 5.36. The van der Waals surface area contributed by atoms with Crippen LogP contribution in [-0.2, 0) is 11.2 Å². The van der Waals surface area contributed by atoms with E-state index in [0.29, 0.717) is 6.04 Å². The summed E-state index contributed by atoms with van der Waals surface area (Å²) in [5, 5.41) is 3.40. The topological polar surface area (TPSA) is 21.3 Å². The van der Waals surface area contributed by atoms with Crippen LogP contribution in [0.4, 0.5) is 0 Å². The maximum Gasteiger partial charge on any atom is 0.0637 e. The lowest BCUT2D eigenvalue weighted by molar-refractivity contribution is 0.00773. The minimum absolute atomic E-state index is 0.0768. The van der Waals surface area contributed by atoms with Crippen molar-refractivity contribution in [2.45, 2.75) is 52.2 Å². The molecule has 0 amide bonds. The smallest absolute Gasteiger partial charge is 0.0637 e. The molecule has 1 aromatic rings. The van der Waals surface area contributed by atoms with Crippen molar-refractivity contribution in [1.82, 2.24) is 5.32 Å². The van der Waals surface area contributed by atoms with Gasteiger partial charge in [0.25, 0.3) is 0 Å². The van der Waals surface area contributed by atoms with E-state index >= 15 is 0 Å². The quantitative estimate of drug-likeness (QED) is 0.835. The first kappa shape index (κ1) is 15.2. The Morgan fingerprint density at radius 1 is 1.17 bits per heavy atom. The Labute approximate surface area is 112 Å². The molecule has 0 aliphatic heterocycles. The molecule has 0 fully saturated rings. The van der Waals surface area contributed by atoms with Crippen molar-refractivity contribution < 1.29 is 4.74 Å². The number of aryl methyl sites for hydroxylation is 2. The summed E-state index contributed by atoms with van der Waals surface area (Å²) < 4.78 is 5.52. The molecule has 1 aromatic carbocycles. The largest absolute Gasteiger partial charge is 0.379 e. The van der Waals surface area contributed by atoms with Gasteiger partial charge in [-0.2, -0.15) is 0 Å². The third-order valence-electron chi connectivity index (χ3n) is 3.46. The van der Waals surface area contributed by atoms with Crippen LogP contribution >= 0.6 is 0 Å². The highest BCUT2D eigenvalue weighted by molar-refractivity contribution is 5.29. The van der Waals surface area contributed by atoms with Crippen LogP contribution in [0.1, 0.15) is 37.0 Å². The van der Waals surface area contributed by atoms with Gasteiger partial charge in [-0.25, -0.2) is 0 Å². The van der Waals surface area contributed by atoms with Crippen LogP contribution in [0, 0.1) is 13.8 Å². The average molecular weight is 249 g/mol. The van der Waals surface area contributed by atoms with E-state index in [4.69, 9.17) is 4.74 Å². The molecule has 0 heterocycles. The van der Waals surface area contributed by atoms with E-state index < -0.39 is 0 Å². The minimum Gasteiger partial charge on any atom is -0.379 e. The minimum atomic E-state index is -0.0768. The molecule has 18 heavy (non-hydrogen) atoms. The van der Waals surface area contributed by atoms with E-state index in [0.717, 1.165) is 12.8 Å². The summed E-state index contributed by atoms with van der Waals surface area (Å²) in [5.74, 6) is 0. The van der Waals surface area contributed by atoms with Crippen LogP contribution in [0.5, 0.6) is 0 Å². The Bertz CT molecular complexity index is 364. The zero-order valence-electron chi connectivity index (χ0n) is 12.6. The van der Waals surface area contributed by atoms with E-state index in [2.05, 4.69) is 51.2 Å². The van der Waals surface area contributed by atoms with Crippen molar-refractivity contribution in [3.8, 4) is 0 Å². The first-order chi connectivity index (χ1) is 8.36. The SMILES string of the molecule is CNC(Cc1cc(C)cc(C)c1)CC(C)(C)OC. The predicted molar refractivity (Wildman–Crippen MR) is 78.2 cm³/mol. The normalized spacial score (nSPS) is 13.7. The summed E-state index contributed by atoms with van der Waals surface area (Å²) in [6, 6.07) is 7.21. The van der Waals surface area contributed by atoms with Crippen molar-refractivity contribution >= 4 is 0 Å². The maximum atomic E-state index is 5.52. The van der Waals surface area contributed by atoms with Crippen LogP contribution in [0.3, 0.4) is 0 Å². The summed E-state index contributed by atoms with van der Waals surface area (Å²) in [5.41, 5.74) is 4.00. The number of nitrogens with one attached hydrogen (secondary N) is 1. The first-order valence-corrected chi connectivity index (χ1v) is 6.66. The lowest BCUT2D eigenvalue weighted by Crippen LogP contribution is -2.37. The summed E-state index contributed by atoms with van der Waals surface area (Å²) in [6.45, 7) is 8.59. The Balaban J connectivity index is 2.73. The Morgan fingerprint density at radius 3 is 2.17 bits per heavy atom. The molecule has 0 spiro atoms. The molecular formula is C16H27NO. The summed E-state index contributed by atoms with van der Waals surface area (Å²) in [7, 11) is 3.81. The number of ether oxygens (including phenoxy) is 1. The van der Waals surface area contributed by atoms with Crippen molar-refractivity contribution in [2.75, 3.05) is 14.2 Å². The summed E-state index contributed by atoms with van der Waals surface area (Å²) >= 11 is 0. The standard InChI is InChI=1S/C16H27NO/c1-12-7-13(2)9-14(8-12)10-15(17-5)11-16(3,4)18-6/h7-9,15,17H,10-11H2,1-6H3. The zero-order valence-corrected chi connectivity index (χ0v) is 12.6. The molecule has 0 radical (unpaired) electrons. The molecule has 0 aliphatic rings. The molecule has 1 rings (SSSR count). The van der Waals surface area contributed by atoms with Gasteiger partial charge >= 0.3 is 0 Å². The van der Waals surface area contributed by atoms with Crippen LogP contribution in [0.25, 0.3) is 0 Å². The van der Waals surface area contributed by atoms with Crippen LogP contribution in [0.2, 0.25) is 0 Å². The van der Waals surface area contributed by atoms with Gasteiger partial charge in [0.15, 0.2) is 0 Å². The molecule has 2 nitrogen and oxygen atoms in total. The van der Waals surface area contributed by atoms with Gasteiger partial charge in [0, 0.05) is 13.2 Å². The fourth-order valence-corrected chi connectivity index (χ4v) is 2.42. The van der Waals surface area contributed by atoms with Crippen LogP contribution in [0.15, 0.2) is 18.2 Å². The average Bonchev–Trinajstić information content (AvgIpc) is 2.26. The third-order valence-corrected chi connectivity index (χ3v) is 3.46. The first-order valence-electron chi connectivity index (χ1n) is 6.66. The second kappa shape index (κ2) is 6.35. The summed E-state index contributed by atoms with van der Waals surface area (Å²) in [4.78, 5) is 0. The number of benzene rings is 1. The lowest BCUT2D eigenvalue weighted by Gasteiger charge is -2.28. The number of rotatable bonds is 6. The monoisotopic (exact) mass is 249 g/mol.